The molecule has 1 amide bonds. The number of rotatable bonds is 7. The lowest BCUT2D eigenvalue weighted by atomic mass is 9.98. The first-order valence-corrected chi connectivity index (χ1v) is 7.98. The van der Waals surface area contributed by atoms with Crippen molar-refractivity contribution in [3.63, 3.8) is 0 Å². The van der Waals surface area contributed by atoms with Gasteiger partial charge in [-0.15, -0.1) is 0 Å². The Bertz CT molecular complexity index is 772. The Morgan fingerprint density at radius 2 is 1.65 bits per heavy atom. The van der Waals surface area contributed by atoms with Crippen LogP contribution in [0.1, 0.15) is 36.9 Å². The van der Waals surface area contributed by atoms with E-state index < -0.39 is 42.1 Å². The van der Waals surface area contributed by atoms with Crippen LogP contribution in [-0.2, 0) is 9.59 Å². The summed E-state index contributed by atoms with van der Waals surface area (Å²) in [5.74, 6) is -3.72. The van der Waals surface area contributed by atoms with Crippen molar-refractivity contribution >= 4 is 11.9 Å². The predicted octanol–water partition coefficient (Wildman–Crippen LogP) is 3.41. The van der Waals surface area contributed by atoms with Gasteiger partial charge in [-0.2, -0.15) is 0 Å². The maximum atomic E-state index is 13.8. The van der Waals surface area contributed by atoms with E-state index in [0.29, 0.717) is 5.75 Å². The Balaban J connectivity index is 2.03. The number of ether oxygens (including phenoxy) is 1. The fraction of sp³-hybridized carbons (Fsp3) is 0.263. The second kappa shape index (κ2) is 8.42. The molecule has 0 unspecified atom stereocenters. The van der Waals surface area contributed by atoms with Gasteiger partial charge in [0.1, 0.15) is 17.4 Å². The SMILES string of the molecule is C[C@@H](NC(=O)[C@H](C)c1c(F)cccc1F)c1ccc(OCC(=O)O)cc1. The monoisotopic (exact) mass is 363 g/mol. The number of hydrogen-bond donors (Lipinski definition) is 2. The van der Waals surface area contributed by atoms with Crippen molar-refractivity contribution in [1.82, 2.24) is 5.32 Å². The van der Waals surface area contributed by atoms with Crippen LogP contribution in [0.5, 0.6) is 5.75 Å². The molecule has 0 saturated heterocycles. The molecule has 0 aliphatic carbocycles. The van der Waals surface area contributed by atoms with Crippen LogP contribution in [-0.4, -0.2) is 23.6 Å². The Kier molecular flexibility index (Phi) is 6.27. The summed E-state index contributed by atoms with van der Waals surface area (Å²) < 4.78 is 32.7. The third-order valence-electron chi connectivity index (χ3n) is 3.93. The maximum Gasteiger partial charge on any atom is 0.341 e. The minimum atomic E-state index is -1.08. The van der Waals surface area contributed by atoms with Gasteiger partial charge in [0, 0.05) is 5.56 Å². The highest BCUT2D eigenvalue weighted by molar-refractivity contribution is 5.83. The van der Waals surface area contributed by atoms with Crippen LogP contribution in [0, 0.1) is 11.6 Å². The van der Waals surface area contributed by atoms with Crippen molar-refractivity contribution in [1.29, 1.82) is 0 Å². The molecule has 2 rings (SSSR count). The van der Waals surface area contributed by atoms with E-state index in [1.165, 1.54) is 13.0 Å². The number of hydrogen-bond acceptors (Lipinski definition) is 3. The molecule has 2 N–H and O–H groups in total. The first-order valence-electron chi connectivity index (χ1n) is 7.98. The highest BCUT2D eigenvalue weighted by Crippen LogP contribution is 2.24. The van der Waals surface area contributed by atoms with Gasteiger partial charge in [0.05, 0.1) is 12.0 Å². The second-order valence-electron chi connectivity index (χ2n) is 5.84. The van der Waals surface area contributed by atoms with Crippen molar-refractivity contribution in [3.05, 3.63) is 65.2 Å². The van der Waals surface area contributed by atoms with E-state index in [1.54, 1.807) is 31.2 Å². The molecular formula is C19H19F2NO4. The number of benzene rings is 2. The number of nitrogens with one attached hydrogen (secondary N) is 1. The summed E-state index contributed by atoms with van der Waals surface area (Å²) in [6, 6.07) is 9.58. The molecule has 0 radical (unpaired) electrons. The number of carboxylic acid groups (broad SMARTS) is 1. The third kappa shape index (κ3) is 4.78. The van der Waals surface area contributed by atoms with Crippen molar-refractivity contribution in [2.24, 2.45) is 0 Å². The van der Waals surface area contributed by atoms with Crippen LogP contribution >= 0.6 is 0 Å². The van der Waals surface area contributed by atoms with Gasteiger partial charge in [-0.1, -0.05) is 18.2 Å². The fourth-order valence-corrected chi connectivity index (χ4v) is 2.47. The molecule has 0 saturated carbocycles. The van der Waals surface area contributed by atoms with E-state index in [2.05, 4.69) is 5.32 Å². The van der Waals surface area contributed by atoms with Crippen LogP contribution in [0.3, 0.4) is 0 Å². The number of amides is 1. The zero-order chi connectivity index (χ0) is 19.3. The average molecular weight is 363 g/mol. The quantitative estimate of drug-likeness (QED) is 0.790. The van der Waals surface area contributed by atoms with E-state index in [1.807, 2.05) is 0 Å². The van der Waals surface area contributed by atoms with E-state index in [9.17, 15) is 18.4 Å². The summed E-state index contributed by atoms with van der Waals surface area (Å²) in [5.41, 5.74) is 0.469. The lowest BCUT2D eigenvalue weighted by Gasteiger charge is -2.19. The molecule has 0 spiro atoms. The Morgan fingerprint density at radius 1 is 1.08 bits per heavy atom. The smallest absolute Gasteiger partial charge is 0.341 e. The molecule has 0 aromatic heterocycles. The van der Waals surface area contributed by atoms with Crippen LogP contribution < -0.4 is 10.1 Å². The molecule has 2 aromatic rings. The molecule has 5 nitrogen and oxygen atoms in total. The number of carbonyl (C=O) groups is 2. The summed E-state index contributed by atoms with van der Waals surface area (Å²) in [7, 11) is 0. The van der Waals surface area contributed by atoms with Crippen molar-refractivity contribution in [2.75, 3.05) is 6.61 Å². The van der Waals surface area contributed by atoms with Gasteiger partial charge in [-0.25, -0.2) is 13.6 Å². The second-order valence-corrected chi connectivity index (χ2v) is 5.84. The highest BCUT2D eigenvalue weighted by Gasteiger charge is 2.23. The predicted molar refractivity (Wildman–Crippen MR) is 90.9 cm³/mol. The largest absolute Gasteiger partial charge is 0.482 e. The molecule has 26 heavy (non-hydrogen) atoms. The molecule has 7 heteroatoms. The first-order chi connectivity index (χ1) is 12.3. The fourth-order valence-electron chi connectivity index (χ4n) is 2.47. The Morgan fingerprint density at radius 3 is 2.19 bits per heavy atom. The van der Waals surface area contributed by atoms with Crippen LogP contribution in [0.2, 0.25) is 0 Å². The molecule has 0 aliphatic heterocycles. The lowest BCUT2D eigenvalue weighted by molar-refractivity contribution is -0.139. The zero-order valence-electron chi connectivity index (χ0n) is 14.3. The molecule has 138 valence electrons. The number of carbonyl (C=O) groups excluding carboxylic acids is 1. The molecule has 0 fully saturated rings. The van der Waals surface area contributed by atoms with Crippen LogP contribution in [0.15, 0.2) is 42.5 Å². The minimum Gasteiger partial charge on any atom is -0.482 e. The highest BCUT2D eigenvalue weighted by atomic mass is 19.1. The Labute approximate surface area is 149 Å². The van der Waals surface area contributed by atoms with Crippen molar-refractivity contribution < 1.29 is 28.2 Å². The molecule has 2 aromatic carbocycles. The molecule has 0 bridgehead atoms. The van der Waals surface area contributed by atoms with Gasteiger partial charge in [0.25, 0.3) is 0 Å². The maximum absolute atomic E-state index is 13.8. The summed E-state index contributed by atoms with van der Waals surface area (Å²) in [6.45, 7) is 2.72. The van der Waals surface area contributed by atoms with E-state index in [-0.39, 0.29) is 5.56 Å². The number of carboxylic acids is 1. The third-order valence-corrected chi connectivity index (χ3v) is 3.93. The topological polar surface area (TPSA) is 75.6 Å². The van der Waals surface area contributed by atoms with Crippen molar-refractivity contribution in [3.8, 4) is 5.75 Å². The molecule has 2 atom stereocenters. The summed E-state index contributed by atoms with van der Waals surface area (Å²) >= 11 is 0. The van der Waals surface area contributed by atoms with Gasteiger partial charge < -0.3 is 15.2 Å². The van der Waals surface area contributed by atoms with E-state index >= 15 is 0 Å². The molecular weight excluding hydrogens is 344 g/mol. The Hall–Kier alpha value is -2.96. The lowest BCUT2D eigenvalue weighted by Crippen LogP contribution is -2.31. The van der Waals surface area contributed by atoms with Crippen LogP contribution in [0.4, 0.5) is 8.78 Å². The van der Waals surface area contributed by atoms with Crippen molar-refractivity contribution in [2.45, 2.75) is 25.8 Å². The normalized spacial score (nSPS) is 12.9. The van der Waals surface area contributed by atoms with E-state index in [4.69, 9.17) is 9.84 Å². The average Bonchev–Trinajstić information content (AvgIpc) is 2.60. The van der Waals surface area contributed by atoms with Gasteiger partial charge in [-0.05, 0) is 43.7 Å². The summed E-state index contributed by atoms with van der Waals surface area (Å²) in [5, 5.41) is 11.3. The zero-order valence-corrected chi connectivity index (χ0v) is 14.3. The first kappa shape index (κ1) is 19.4. The van der Waals surface area contributed by atoms with Crippen LogP contribution in [0.25, 0.3) is 0 Å². The molecule has 0 aliphatic rings. The summed E-state index contributed by atoms with van der Waals surface area (Å²) in [4.78, 5) is 22.8. The molecule has 0 heterocycles. The van der Waals surface area contributed by atoms with E-state index in [0.717, 1.165) is 17.7 Å². The summed E-state index contributed by atoms with van der Waals surface area (Å²) in [6.07, 6.45) is 0. The van der Waals surface area contributed by atoms with Gasteiger partial charge in [0.2, 0.25) is 5.91 Å². The van der Waals surface area contributed by atoms with Gasteiger partial charge in [0.15, 0.2) is 6.61 Å². The number of halogens is 2. The number of aliphatic carboxylic acids is 1. The van der Waals surface area contributed by atoms with Gasteiger partial charge in [-0.3, -0.25) is 4.79 Å². The standard InChI is InChI=1S/C19H19F2NO4/c1-11(18-15(20)4-3-5-16(18)21)19(25)22-12(2)13-6-8-14(9-7-13)26-10-17(23)24/h3-9,11-12H,10H2,1-2H3,(H,22,25)(H,23,24)/t11-,12-/m1/s1. The van der Waals surface area contributed by atoms with Gasteiger partial charge >= 0.3 is 5.97 Å². The minimum absolute atomic E-state index is 0.269.